The minimum Gasteiger partial charge on any atom is -0.341 e. The van der Waals surface area contributed by atoms with Gasteiger partial charge in [-0.25, -0.2) is 0 Å². The Balaban J connectivity index is 2.94. The second-order valence-corrected chi connectivity index (χ2v) is 4.10. The molecule has 0 atom stereocenters. The first-order valence-electron chi connectivity index (χ1n) is 5.03. The first-order valence-corrected chi connectivity index (χ1v) is 5.41. The summed E-state index contributed by atoms with van der Waals surface area (Å²) in [6.07, 6.45) is 0.868. The van der Waals surface area contributed by atoms with Gasteiger partial charge in [-0.1, -0.05) is 17.7 Å². The lowest BCUT2D eigenvalue weighted by Crippen LogP contribution is -2.21. The van der Waals surface area contributed by atoms with Gasteiger partial charge in [-0.3, -0.25) is 4.79 Å². The van der Waals surface area contributed by atoms with Crippen molar-refractivity contribution in [2.45, 2.75) is 27.3 Å². The van der Waals surface area contributed by atoms with Crippen LogP contribution in [0.1, 0.15) is 23.6 Å². The fourth-order valence-corrected chi connectivity index (χ4v) is 1.67. The summed E-state index contributed by atoms with van der Waals surface area (Å²) >= 11 is 6.05. The minimum absolute atomic E-state index is 0.631. The zero-order valence-electron chi connectivity index (χ0n) is 9.38. The van der Waals surface area contributed by atoms with Gasteiger partial charge in [0.1, 0.15) is 0 Å². The molecule has 82 valence electrons. The summed E-state index contributed by atoms with van der Waals surface area (Å²) in [5.74, 6) is 0. The van der Waals surface area contributed by atoms with Crippen molar-refractivity contribution < 1.29 is 4.79 Å². The predicted molar refractivity (Wildman–Crippen MR) is 63.1 cm³/mol. The third-order valence-electron chi connectivity index (χ3n) is 2.55. The van der Waals surface area contributed by atoms with Gasteiger partial charge in [-0.2, -0.15) is 0 Å². The van der Waals surface area contributed by atoms with Gasteiger partial charge < -0.3 is 4.90 Å². The summed E-state index contributed by atoms with van der Waals surface area (Å²) in [6.45, 7) is 7.33. The average molecular weight is 226 g/mol. The molecule has 0 saturated heterocycles. The Bertz CT molecular complexity index is 363. The number of amides is 1. The topological polar surface area (TPSA) is 20.3 Å². The fourth-order valence-electron chi connectivity index (χ4n) is 1.48. The van der Waals surface area contributed by atoms with E-state index < -0.39 is 0 Å². The van der Waals surface area contributed by atoms with E-state index in [0.29, 0.717) is 13.1 Å². The van der Waals surface area contributed by atoms with Crippen molar-refractivity contribution in [1.29, 1.82) is 0 Å². The SMILES string of the molecule is CCN(C=O)Cc1cc(Cl)c(C)cc1C. The second-order valence-electron chi connectivity index (χ2n) is 3.70. The number of aryl methyl sites for hydroxylation is 2. The first kappa shape index (κ1) is 12.1. The molecule has 1 rings (SSSR count). The highest BCUT2D eigenvalue weighted by molar-refractivity contribution is 6.31. The van der Waals surface area contributed by atoms with Gasteiger partial charge in [0.15, 0.2) is 0 Å². The molecule has 1 amide bonds. The van der Waals surface area contributed by atoms with E-state index >= 15 is 0 Å². The summed E-state index contributed by atoms with van der Waals surface area (Å²) in [4.78, 5) is 12.4. The molecular formula is C12H16ClNO. The van der Waals surface area contributed by atoms with Gasteiger partial charge in [0.25, 0.3) is 0 Å². The van der Waals surface area contributed by atoms with Crippen LogP contribution >= 0.6 is 11.6 Å². The van der Waals surface area contributed by atoms with E-state index in [-0.39, 0.29) is 0 Å². The minimum atomic E-state index is 0.631. The number of carbonyl (C=O) groups excluding carboxylic acids is 1. The monoisotopic (exact) mass is 225 g/mol. The standard InChI is InChI=1S/C12H16ClNO/c1-4-14(8-15)7-11-6-12(13)10(3)5-9(11)2/h5-6,8H,4,7H2,1-3H3. The van der Waals surface area contributed by atoms with Crippen molar-refractivity contribution in [2.75, 3.05) is 6.54 Å². The summed E-state index contributed by atoms with van der Waals surface area (Å²) in [7, 11) is 0. The van der Waals surface area contributed by atoms with E-state index in [2.05, 4.69) is 6.07 Å². The lowest BCUT2D eigenvalue weighted by Gasteiger charge is -2.17. The van der Waals surface area contributed by atoms with Crippen LogP contribution in [0.2, 0.25) is 5.02 Å². The number of halogens is 1. The lowest BCUT2D eigenvalue weighted by molar-refractivity contribution is -0.118. The Morgan fingerprint density at radius 1 is 1.33 bits per heavy atom. The molecule has 0 aromatic heterocycles. The molecule has 3 heteroatoms. The number of rotatable bonds is 4. The molecule has 0 heterocycles. The van der Waals surface area contributed by atoms with Crippen molar-refractivity contribution in [3.63, 3.8) is 0 Å². The largest absolute Gasteiger partial charge is 0.341 e. The summed E-state index contributed by atoms with van der Waals surface area (Å²) < 4.78 is 0. The van der Waals surface area contributed by atoms with Crippen molar-refractivity contribution in [3.05, 3.63) is 33.8 Å². The summed E-state index contributed by atoms with van der Waals surface area (Å²) in [6, 6.07) is 3.99. The highest BCUT2D eigenvalue weighted by Gasteiger charge is 2.06. The molecule has 0 radical (unpaired) electrons. The van der Waals surface area contributed by atoms with Gasteiger partial charge in [0, 0.05) is 18.1 Å². The van der Waals surface area contributed by atoms with E-state index in [9.17, 15) is 4.79 Å². The third kappa shape index (κ3) is 2.96. The van der Waals surface area contributed by atoms with Crippen molar-refractivity contribution in [2.24, 2.45) is 0 Å². The Hall–Kier alpha value is -1.02. The molecule has 1 aromatic rings. The smallest absolute Gasteiger partial charge is 0.209 e. The highest BCUT2D eigenvalue weighted by Crippen LogP contribution is 2.21. The van der Waals surface area contributed by atoms with Crippen LogP contribution < -0.4 is 0 Å². The number of hydrogen-bond acceptors (Lipinski definition) is 1. The Morgan fingerprint density at radius 2 is 2.00 bits per heavy atom. The molecule has 1 aromatic carbocycles. The maximum atomic E-state index is 10.7. The molecule has 0 saturated carbocycles. The van der Waals surface area contributed by atoms with Crippen LogP contribution in [0, 0.1) is 13.8 Å². The van der Waals surface area contributed by atoms with Gasteiger partial charge in [0.05, 0.1) is 0 Å². The van der Waals surface area contributed by atoms with Crippen molar-refractivity contribution in [1.82, 2.24) is 4.90 Å². The molecule has 0 unspecified atom stereocenters. The molecule has 0 N–H and O–H groups in total. The fraction of sp³-hybridized carbons (Fsp3) is 0.417. The molecule has 0 fully saturated rings. The van der Waals surface area contributed by atoms with Gasteiger partial charge in [0.2, 0.25) is 6.41 Å². The zero-order valence-corrected chi connectivity index (χ0v) is 10.1. The van der Waals surface area contributed by atoms with Crippen LogP contribution in [-0.2, 0) is 11.3 Å². The molecule has 0 aliphatic heterocycles. The predicted octanol–water partition coefficient (Wildman–Crippen LogP) is 2.94. The Kier molecular flexibility index (Phi) is 4.15. The van der Waals surface area contributed by atoms with Gasteiger partial charge in [-0.05, 0) is 43.5 Å². The van der Waals surface area contributed by atoms with E-state index in [1.807, 2.05) is 26.8 Å². The molecule has 2 nitrogen and oxygen atoms in total. The molecule has 0 aliphatic carbocycles. The summed E-state index contributed by atoms with van der Waals surface area (Å²) in [5.41, 5.74) is 3.36. The van der Waals surface area contributed by atoms with E-state index in [1.165, 1.54) is 5.56 Å². The highest BCUT2D eigenvalue weighted by atomic mass is 35.5. The number of nitrogens with zero attached hydrogens (tertiary/aromatic N) is 1. The third-order valence-corrected chi connectivity index (χ3v) is 2.95. The summed E-state index contributed by atoms with van der Waals surface area (Å²) in [5, 5.41) is 0.762. The van der Waals surface area contributed by atoms with Crippen LogP contribution in [0.5, 0.6) is 0 Å². The van der Waals surface area contributed by atoms with Crippen molar-refractivity contribution >= 4 is 18.0 Å². The normalized spacial score (nSPS) is 10.1. The van der Waals surface area contributed by atoms with E-state index in [1.54, 1.807) is 4.90 Å². The van der Waals surface area contributed by atoms with Crippen LogP contribution in [0.25, 0.3) is 0 Å². The van der Waals surface area contributed by atoms with Crippen molar-refractivity contribution in [3.8, 4) is 0 Å². The maximum Gasteiger partial charge on any atom is 0.209 e. The molecule has 0 spiro atoms. The number of benzene rings is 1. The van der Waals surface area contributed by atoms with E-state index in [0.717, 1.165) is 22.6 Å². The van der Waals surface area contributed by atoms with Gasteiger partial charge >= 0.3 is 0 Å². The van der Waals surface area contributed by atoms with Crippen LogP contribution in [0.4, 0.5) is 0 Å². The quantitative estimate of drug-likeness (QED) is 0.722. The van der Waals surface area contributed by atoms with Crippen LogP contribution in [0.15, 0.2) is 12.1 Å². The lowest BCUT2D eigenvalue weighted by atomic mass is 10.1. The van der Waals surface area contributed by atoms with Crippen LogP contribution in [-0.4, -0.2) is 17.9 Å². The number of hydrogen-bond donors (Lipinski definition) is 0. The molecule has 15 heavy (non-hydrogen) atoms. The van der Waals surface area contributed by atoms with Gasteiger partial charge in [-0.15, -0.1) is 0 Å². The Morgan fingerprint density at radius 3 is 2.53 bits per heavy atom. The number of carbonyl (C=O) groups is 1. The molecular weight excluding hydrogens is 210 g/mol. The molecule has 0 bridgehead atoms. The van der Waals surface area contributed by atoms with E-state index in [4.69, 9.17) is 11.6 Å². The second kappa shape index (κ2) is 5.17. The van der Waals surface area contributed by atoms with Crippen LogP contribution in [0.3, 0.4) is 0 Å². The maximum absolute atomic E-state index is 10.7. The Labute approximate surface area is 95.8 Å². The average Bonchev–Trinajstić information content (AvgIpc) is 2.21. The first-order chi connectivity index (χ1) is 7.08. The molecule has 0 aliphatic rings. The zero-order chi connectivity index (χ0) is 11.4.